The summed E-state index contributed by atoms with van der Waals surface area (Å²) in [5.74, 6) is -1.10. The van der Waals surface area contributed by atoms with E-state index in [1.165, 1.54) is 0 Å². The third kappa shape index (κ3) is 2.35. The number of ether oxygens (including phenoxy) is 1. The molecule has 1 heterocycles. The van der Waals surface area contributed by atoms with Crippen molar-refractivity contribution >= 4 is 11.9 Å². The fourth-order valence-electron chi connectivity index (χ4n) is 1.46. The number of carbonyl (C=O) groups is 2. The number of carbonyl (C=O) groups excluding carboxylic acids is 1. The molecule has 1 amide bonds. The quantitative estimate of drug-likeness (QED) is 0.728. The first-order valence-corrected chi connectivity index (χ1v) is 5.30. The lowest BCUT2D eigenvalue weighted by Crippen LogP contribution is -2.52. The standard InChI is InChI=1S/C11H19NO4/c1-10(2,3)8(13)12-7-5-16-6-11(7,4)9(14)15/h7H,5-6H2,1-4H3,(H,12,13)(H,14,15). The normalized spacial score (nSPS) is 30.1. The fraction of sp³-hybridized carbons (Fsp3) is 0.818. The van der Waals surface area contributed by atoms with Crippen LogP contribution in [0.1, 0.15) is 27.7 Å². The molecule has 2 N–H and O–H groups in total. The predicted octanol–water partition coefficient (Wildman–Crippen LogP) is 0.638. The van der Waals surface area contributed by atoms with Crippen LogP contribution in [0.5, 0.6) is 0 Å². The molecule has 1 aliphatic heterocycles. The van der Waals surface area contributed by atoms with Gasteiger partial charge in [0.05, 0.1) is 19.3 Å². The maximum atomic E-state index is 11.8. The maximum Gasteiger partial charge on any atom is 0.313 e. The van der Waals surface area contributed by atoms with E-state index in [2.05, 4.69) is 5.32 Å². The van der Waals surface area contributed by atoms with Crippen LogP contribution in [-0.4, -0.2) is 36.2 Å². The van der Waals surface area contributed by atoms with Gasteiger partial charge in [-0.25, -0.2) is 0 Å². The van der Waals surface area contributed by atoms with Crippen molar-refractivity contribution in [1.29, 1.82) is 0 Å². The highest BCUT2D eigenvalue weighted by atomic mass is 16.5. The van der Waals surface area contributed by atoms with Crippen LogP contribution in [-0.2, 0) is 14.3 Å². The number of carboxylic acids is 1. The average molecular weight is 229 g/mol. The van der Waals surface area contributed by atoms with Crippen LogP contribution in [0.3, 0.4) is 0 Å². The number of nitrogens with one attached hydrogen (secondary N) is 1. The zero-order valence-electron chi connectivity index (χ0n) is 10.2. The van der Waals surface area contributed by atoms with Crippen molar-refractivity contribution in [3.63, 3.8) is 0 Å². The largest absolute Gasteiger partial charge is 0.481 e. The van der Waals surface area contributed by atoms with Crippen LogP contribution in [0.25, 0.3) is 0 Å². The molecular formula is C11H19NO4. The van der Waals surface area contributed by atoms with Gasteiger partial charge in [0.15, 0.2) is 0 Å². The summed E-state index contributed by atoms with van der Waals surface area (Å²) in [6.07, 6.45) is 0. The van der Waals surface area contributed by atoms with Crippen LogP contribution in [0, 0.1) is 10.8 Å². The summed E-state index contributed by atoms with van der Waals surface area (Å²) in [6, 6.07) is -0.461. The number of aliphatic carboxylic acids is 1. The van der Waals surface area contributed by atoms with Gasteiger partial charge in [-0.15, -0.1) is 0 Å². The summed E-state index contributed by atoms with van der Waals surface area (Å²) in [4.78, 5) is 22.9. The lowest BCUT2D eigenvalue weighted by Gasteiger charge is -2.28. The van der Waals surface area contributed by atoms with Gasteiger partial charge >= 0.3 is 5.97 Å². The Morgan fingerprint density at radius 3 is 2.44 bits per heavy atom. The summed E-state index contributed by atoms with van der Waals surface area (Å²) in [7, 11) is 0. The van der Waals surface area contributed by atoms with Crippen LogP contribution >= 0.6 is 0 Å². The Morgan fingerprint density at radius 2 is 2.00 bits per heavy atom. The van der Waals surface area contributed by atoms with E-state index in [9.17, 15) is 9.59 Å². The van der Waals surface area contributed by atoms with E-state index in [0.717, 1.165) is 0 Å². The van der Waals surface area contributed by atoms with E-state index >= 15 is 0 Å². The zero-order valence-corrected chi connectivity index (χ0v) is 10.2. The molecule has 0 aromatic carbocycles. The molecule has 0 bridgehead atoms. The molecule has 0 aliphatic carbocycles. The van der Waals surface area contributed by atoms with Gasteiger partial charge in [-0.1, -0.05) is 20.8 Å². The van der Waals surface area contributed by atoms with Gasteiger partial charge in [0, 0.05) is 5.41 Å². The Bertz CT molecular complexity index is 308. The van der Waals surface area contributed by atoms with E-state index in [1.807, 2.05) is 0 Å². The van der Waals surface area contributed by atoms with E-state index < -0.39 is 22.8 Å². The van der Waals surface area contributed by atoms with Crippen molar-refractivity contribution in [1.82, 2.24) is 5.32 Å². The lowest BCUT2D eigenvalue weighted by molar-refractivity contribution is -0.149. The van der Waals surface area contributed by atoms with Gasteiger partial charge in [0.1, 0.15) is 5.41 Å². The van der Waals surface area contributed by atoms with Gasteiger partial charge < -0.3 is 15.2 Å². The van der Waals surface area contributed by atoms with Crippen LogP contribution < -0.4 is 5.32 Å². The van der Waals surface area contributed by atoms with E-state index in [-0.39, 0.29) is 19.1 Å². The van der Waals surface area contributed by atoms with Crippen molar-refractivity contribution in [2.75, 3.05) is 13.2 Å². The second kappa shape index (κ2) is 4.05. The van der Waals surface area contributed by atoms with Crippen molar-refractivity contribution in [3.05, 3.63) is 0 Å². The number of rotatable bonds is 2. The molecule has 16 heavy (non-hydrogen) atoms. The molecular weight excluding hydrogens is 210 g/mol. The molecule has 0 spiro atoms. The summed E-state index contributed by atoms with van der Waals surface area (Å²) in [6.45, 7) is 7.35. The van der Waals surface area contributed by atoms with Gasteiger partial charge in [-0.2, -0.15) is 0 Å². The minimum absolute atomic E-state index is 0.136. The van der Waals surface area contributed by atoms with Crippen molar-refractivity contribution in [3.8, 4) is 0 Å². The Morgan fingerprint density at radius 1 is 1.44 bits per heavy atom. The molecule has 92 valence electrons. The molecule has 0 radical (unpaired) electrons. The highest BCUT2D eigenvalue weighted by molar-refractivity contribution is 5.83. The second-order valence-electron chi connectivity index (χ2n) is 5.51. The average Bonchev–Trinajstić information content (AvgIpc) is 2.47. The summed E-state index contributed by atoms with van der Waals surface area (Å²) >= 11 is 0. The van der Waals surface area contributed by atoms with E-state index in [0.29, 0.717) is 0 Å². The maximum absolute atomic E-state index is 11.8. The topological polar surface area (TPSA) is 75.6 Å². The molecule has 1 rings (SSSR count). The van der Waals surface area contributed by atoms with Crippen LogP contribution in [0.2, 0.25) is 0 Å². The van der Waals surface area contributed by atoms with Crippen molar-refractivity contribution < 1.29 is 19.4 Å². The minimum Gasteiger partial charge on any atom is -0.481 e. The highest BCUT2D eigenvalue weighted by Gasteiger charge is 2.47. The van der Waals surface area contributed by atoms with Gasteiger partial charge in [-0.05, 0) is 6.92 Å². The predicted molar refractivity (Wildman–Crippen MR) is 57.9 cm³/mol. The highest BCUT2D eigenvalue weighted by Crippen LogP contribution is 2.29. The SMILES string of the molecule is CC(C)(C)C(=O)NC1COCC1(C)C(=O)O. The molecule has 5 nitrogen and oxygen atoms in total. The smallest absolute Gasteiger partial charge is 0.313 e. The van der Waals surface area contributed by atoms with Crippen molar-refractivity contribution in [2.24, 2.45) is 10.8 Å². The molecule has 2 unspecified atom stereocenters. The monoisotopic (exact) mass is 229 g/mol. The summed E-state index contributed by atoms with van der Waals surface area (Å²) in [5, 5.41) is 11.9. The van der Waals surface area contributed by atoms with Gasteiger partial charge in [-0.3, -0.25) is 9.59 Å². The van der Waals surface area contributed by atoms with E-state index in [4.69, 9.17) is 9.84 Å². The first kappa shape index (κ1) is 13.0. The molecule has 1 fully saturated rings. The number of hydrogen-bond acceptors (Lipinski definition) is 3. The fourth-order valence-corrected chi connectivity index (χ4v) is 1.46. The zero-order chi connectivity index (χ0) is 12.6. The molecule has 5 heteroatoms. The minimum atomic E-state index is -1.03. The Hall–Kier alpha value is -1.10. The third-order valence-corrected chi connectivity index (χ3v) is 2.93. The first-order valence-electron chi connectivity index (χ1n) is 5.30. The molecule has 1 saturated heterocycles. The van der Waals surface area contributed by atoms with Gasteiger partial charge in [0.2, 0.25) is 5.91 Å². The van der Waals surface area contributed by atoms with Crippen LogP contribution in [0.15, 0.2) is 0 Å². The molecule has 1 aliphatic rings. The molecule has 0 aromatic heterocycles. The Balaban J connectivity index is 2.75. The summed E-state index contributed by atoms with van der Waals surface area (Å²) < 4.78 is 5.15. The van der Waals surface area contributed by atoms with Gasteiger partial charge in [0.25, 0.3) is 0 Å². The first-order chi connectivity index (χ1) is 7.18. The molecule has 2 atom stereocenters. The summed E-state index contributed by atoms with van der Waals surface area (Å²) in [5.41, 5.74) is -1.55. The second-order valence-corrected chi connectivity index (χ2v) is 5.51. The number of amides is 1. The number of carboxylic acid groups (broad SMARTS) is 1. The molecule has 0 saturated carbocycles. The Labute approximate surface area is 95.2 Å². The van der Waals surface area contributed by atoms with Crippen LogP contribution in [0.4, 0.5) is 0 Å². The van der Waals surface area contributed by atoms with Crippen molar-refractivity contribution in [2.45, 2.75) is 33.7 Å². The third-order valence-electron chi connectivity index (χ3n) is 2.93. The Kier molecular flexibility index (Phi) is 3.28. The van der Waals surface area contributed by atoms with E-state index in [1.54, 1.807) is 27.7 Å². The lowest BCUT2D eigenvalue weighted by atomic mass is 9.84. The number of hydrogen-bond donors (Lipinski definition) is 2. The molecule has 0 aromatic rings.